The molecule has 0 aromatic heterocycles. The van der Waals surface area contributed by atoms with Crippen LogP contribution in [-0.4, -0.2) is 32.8 Å². The predicted molar refractivity (Wildman–Crippen MR) is 112 cm³/mol. The number of hydrogen-bond acceptors (Lipinski definition) is 5. The topological polar surface area (TPSA) is 87.0 Å². The molecule has 0 unspecified atom stereocenters. The SMILES string of the molecule is CC1=CCc2c(O)c(Cl)c(C)c(c2O)[C@@H](O)[C@H]2C(=O)C(C)(C)O[C@@H]2C(C)=CCC1. The molecule has 1 aliphatic carbocycles. The lowest BCUT2D eigenvalue weighted by Gasteiger charge is -2.26. The molecule has 1 aromatic rings. The maximum absolute atomic E-state index is 13.1. The summed E-state index contributed by atoms with van der Waals surface area (Å²) in [5.41, 5.74) is 1.70. The largest absolute Gasteiger partial charge is 0.507 e. The summed E-state index contributed by atoms with van der Waals surface area (Å²) in [6.45, 7) is 8.90. The molecule has 0 amide bonds. The van der Waals surface area contributed by atoms with Gasteiger partial charge in [0.15, 0.2) is 5.78 Å². The Morgan fingerprint density at radius 2 is 1.79 bits per heavy atom. The Kier molecular flexibility index (Phi) is 5.87. The molecule has 3 atom stereocenters. The Labute approximate surface area is 176 Å². The highest BCUT2D eigenvalue weighted by Gasteiger charge is 2.53. The number of ketones is 1. The molecule has 0 radical (unpaired) electrons. The molecule has 1 saturated heterocycles. The Morgan fingerprint density at radius 3 is 2.45 bits per heavy atom. The van der Waals surface area contributed by atoms with Gasteiger partial charge in [0.1, 0.15) is 17.1 Å². The lowest BCUT2D eigenvalue weighted by molar-refractivity contribution is -0.132. The molecule has 2 aliphatic rings. The van der Waals surface area contributed by atoms with Crippen LogP contribution in [0.3, 0.4) is 0 Å². The molecule has 0 spiro atoms. The molecule has 1 fully saturated rings. The maximum Gasteiger partial charge on any atom is 0.173 e. The highest BCUT2D eigenvalue weighted by atomic mass is 35.5. The Bertz CT molecular complexity index is 913. The summed E-state index contributed by atoms with van der Waals surface area (Å²) < 4.78 is 6.06. The molecule has 6 heteroatoms. The van der Waals surface area contributed by atoms with Crippen LogP contribution in [0.15, 0.2) is 23.3 Å². The zero-order chi connectivity index (χ0) is 21.7. The number of benzene rings is 1. The van der Waals surface area contributed by atoms with Gasteiger partial charge in [-0.1, -0.05) is 29.3 Å². The number of rotatable bonds is 0. The second-order valence-corrected chi connectivity index (χ2v) is 9.03. The van der Waals surface area contributed by atoms with Crippen LogP contribution in [0.2, 0.25) is 5.02 Å². The van der Waals surface area contributed by atoms with Crippen LogP contribution >= 0.6 is 11.6 Å². The molecule has 0 saturated carbocycles. The van der Waals surface area contributed by atoms with Crippen LogP contribution in [0.25, 0.3) is 0 Å². The molecular formula is C23H29ClO5. The van der Waals surface area contributed by atoms with Crippen molar-refractivity contribution in [2.45, 2.75) is 71.7 Å². The molecule has 1 aromatic carbocycles. The molecular weight excluding hydrogens is 392 g/mol. The Balaban J connectivity index is 2.27. The number of aromatic hydroxyl groups is 2. The number of carbonyl (C=O) groups excluding carboxylic acids is 1. The minimum Gasteiger partial charge on any atom is -0.507 e. The third-order valence-electron chi connectivity index (χ3n) is 6.16. The van der Waals surface area contributed by atoms with Crippen molar-refractivity contribution in [3.05, 3.63) is 45.0 Å². The van der Waals surface area contributed by atoms with Crippen molar-refractivity contribution in [3.8, 4) is 11.5 Å². The molecule has 5 nitrogen and oxygen atoms in total. The number of phenols is 2. The molecule has 1 heterocycles. The lowest BCUT2D eigenvalue weighted by Crippen LogP contribution is -2.33. The van der Waals surface area contributed by atoms with E-state index in [0.717, 1.165) is 24.0 Å². The summed E-state index contributed by atoms with van der Waals surface area (Å²) in [6, 6.07) is 0. The van der Waals surface area contributed by atoms with Crippen molar-refractivity contribution in [1.82, 2.24) is 0 Å². The number of ether oxygens (including phenoxy) is 1. The van der Waals surface area contributed by atoms with E-state index in [1.165, 1.54) is 0 Å². The first-order valence-corrected chi connectivity index (χ1v) is 10.3. The average molecular weight is 421 g/mol. The minimum absolute atomic E-state index is 0.0715. The first kappa shape index (κ1) is 21.9. The second kappa shape index (κ2) is 7.78. The van der Waals surface area contributed by atoms with Gasteiger partial charge in [0.05, 0.1) is 23.1 Å². The fraction of sp³-hybridized carbons (Fsp3) is 0.522. The number of Topliss-reactive ketones (excluding diaryl/α,β-unsaturated/α-hetero) is 1. The van der Waals surface area contributed by atoms with E-state index in [2.05, 4.69) is 0 Å². The quantitative estimate of drug-likeness (QED) is 0.530. The van der Waals surface area contributed by atoms with E-state index in [0.29, 0.717) is 5.56 Å². The van der Waals surface area contributed by atoms with Crippen molar-refractivity contribution >= 4 is 17.4 Å². The zero-order valence-corrected chi connectivity index (χ0v) is 18.3. The highest BCUT2D eigenvalue weighted by Crippen LogP contribution is 2.49. The van der Waals surface area contributed by atoms with Gasteiger partial charge in [0.2, 0.25) is 0 Å². The molecule has 1 aliphatic heterocycles. The molecule has 3 rings (SSSR count). The van der Waals surface area contributed by atoms with E-state index in [4.69, 9.17) is 16.3 Å². The monoisotopic (exact) mass is 420 g/mol. The van der Waals surface area contributed by atoms with Gasteiger partial charge in [0.25, 0.3) is 0 Å². The third-order valence-corrected chi connectivity index (χ3v) is 6.62. The zero-order valence-electron chi connectivity index (χ0n) is 17.5. The normalized spacial score (nSPS) is 27.3. The summed E-state index contributed by atoms with van der Waals surface area (Å²) >= 11 is 6.34. The van der Waals surface area contributed by atoms with Gasteiger partial charge in [-0.2, -0.15) is 0 Å². The van der Waals surface area contributed by atoms with E-state index in [1.807, 2.05) is 26.0 Å². The highest BCUT2D eigenvalue weighted by molar-refractivity contribution is 6.33. The fourth-order valence-corrected chi connectivity index (χ4v) is 4.53. The van der Waals surface area contributed by atoms with Crippen molar-refractivity contribution in [2.24, 2.45) is 5.92 Å². The van der Waals surface area contributed by atoms with Crippen molar-refractivity contribution in [2.75, 3.05) is 0 Å². The van der Waals surface area contributed by atoms with Gasteiger partial charge >= 0.3 is 0 Å². The van der Waals surface area contributed by atoms with Gasteiger partial charge in [-0.25, -0.2) is 0 Å². The molecule has 2 bridgehead atoms. The van der Waals surface area contributed by atoms with Gasteiger partial charge in [0, 0.05) is 11.1 Å². The summed E-state index contributed by atoms with van der Waals surface area (Å²) in [4.78, 5) is 13.1. The second-order valence-electron chi connectivity index (χ2n) is 8.65. The molecule has 3 N–H and O–H groups in total. The minimum atomic E-state index is -1.32. The van der Waals surface area contributed by atoms with Gasteiger partial charge < -0.3 is 20.1 Å². The van der Waals surface area contributed by atoms with Gasteiger partial charge in [-0.05, 0) is 65.0 Å². The molecule has 29 heavy (non-hydrogen) atoms. The van der Waals surface area contributed by atoms with Crippen LogP contribution in [0.5, 0.6) is 11.5 Å². The third kappa shape index (κ3) is 3.72. The number of phenolic OH excluding ortho intramolecular Hbond substituents is 2. The number of fused-ring (bicyclic) bond motifs is 3. The number of allylic oxidation sites excluding steroid dienone is 3. The Hall–Kier alpha value is -1.82. The van der Waals surface area contributed by atoms with Gasteiger partial charge in [-0.3, -0.25) is 4.79 Å². The van der Waals surface area contributed by atoms with E-state index in [1.54, 1.807) is 20.8 Å². The van der Waals surface area contributed by atoms with E-state index >= 15 is 0 Å². The first-order valence-electron chi connectivity index (χ1n) is 9.92. The standard InChI is InChI=1S/C23H29ClO5/c1-11-7-6-8-12(2)21-16(22(28)23(4,5)29-21)20(27)15-13(3)17(24)19(26)14(10-9-11)18(15)25/h8-9,16,20-21,25-27H,6-7,10H2,1-5H3/t16-,20-,21-/m1/s1. The number of aliphatic hydroxyl groups is 1. The fourth-order valence-electron chi connectivity index (χ4n) is 4.31. The average Bonchev–Trinajstić information content (AvgIpc) is 2.89. The van der Waals surface area contributed by atoms with E-state index < -0.39 is 23.7 Å². The Morgan fingerprint density at radius 1 is 1.14 bits per heavy atom. The number of halogens is 1. The summed E-state index contributed by atoms with van der Waals surface area (Å²) in [7, 11) is 0. The lowest BCUT2D eigenvalue weighted by atomic mass is 9.80. The van der Waals surface area contributed by atoms with Crippen LogP contribution in [0.1, 0.15) is 63.3 Å². The van der Waals surface area contributed by atoms with Crippen LogP contribution in [0.4, 0.5) is 0 Å². The van der Waals surface area contributed by atoms with E-state index in [9.17, 15) is 20.1 Å². The van der Waals surface area contributed by atoms with Crippen molar-refractivity contribution in [3.63, 3.8) is 0 Å². The van der Waals surface area contributed by atoms with Crippen LogP contribution < -0.4 is 0 Å². The number of aliphatic hydroxyl groups excluding tert-OH is 1. The molecule has 158 valence electrons. The number of carbonyl (C=O) groups is 1. The van der Waals surface area contributed by atoms with Crippen LogP contribution in [-0.2, 0) is 16.0 Å². The van der Waals surface area contributed by atoms with Crippen molar-refractivity contribution in [1.29, 1.82) is 0 Å². The summed E-state index contributed by atoms with van der Waals surface area (Å²) in [6.07, 6.45) is 3.89. The smallest absolute Gasteiger partial charge is 0.173 e. The maximum atomic E-state index is 13.1. The summed E-state index contributed by atoms with van der Waals surface area (Å²) in [5.74, 6) is -1.53. The van der Waals surface area contributed by atoms with Gasteiger partial charge in [-0.15, -0.1) is 0 Å². The van der Waals surface area contributed by atoms with Crippen molar-refractivity contribution < 1.29 is 24.9 Å². The predicted octanol–water partition coefficient (Wildman–Crippen LogP) is 4.68. The van der Waals surface area contributed by atoms with E-state index in [-0.39, 0.29) is 39.9 Å². The first-order chi connectivity index (χ1) is 13.5. The summed E-state index contributed by atoms with van der Waals surface area (Å²) in [5, 5.41) is 32.9. The van der Waals surface area contributed by atoms with Crippen LogP contribution in [0, 0.1) is 12.8 Å². The number of hydrogen-bond donors (Lipinski definition) is 3.